The van der Waals surface area contributed by atoms with E-state index in [0.717, 1.165) is 24.2 Å². The first kappa shape index (κ1) is 15.5. The molecule has 1 aromatic carbocycles. The van der Waals surface area contributed by atoms with Gasteiger partial charge in [0, 0.05) is 12.2 Å². The van der Waals surface area contributed by atoms with Crippen LogP contribution in [-0.2, 0) is 6.42 Å². The monoisotopic (exact) mass is 285 g/mol. The molecule has 0 bridgehead atoms. The van der Waals surface area contributed by atoms with E-state index in [2.05, 4.69) is 41.6 Å². The minimum atomic E-state index is 0.0671. The average molecular weight is 285 g/mol. The molecule has 0 spiro atoms. The Kier molecular flexibility index (Phi) is 5.72. The number of aromatic nitrogens is 1. The van der Waals surface area contributed by atoms with Gasteiger partial charge in [0.1, 0.15) is 5.75 Å². The third-order valence-electron chi connectivity index (χ3n) is 3.61. The summed E-state index contributed by atoms with van der Waals surface area (Å²) < 4.78 is 5.49. The van der Waals surface area contributed by atoms with Crippen LogP contribution in [0.1, 0.15) is 36.1 Å². The van der Waals surface area contributed by atoms with Crippen molar-refractivity contribution >= 4 is 0 Å². The summed E-state index contributed by atoms with van der Waals surface area (Å²) in [6.07, 6.45) is 5.45. The number of pyridine rings is 1. The zero-order valence-electron chi connectivity index (χ0n) is 12.7. The molecule has 1 unspecified atom stereocenters. The van der Waals surface area contributed by atoms with Crippen LogP contribution in [0.4, 0.5) is 0 Å². The van der Waals surface area contributed by atoms with Gasteiger partial charge in [-0.2, -0.15) is 0 Å². The topological polar surface area (TPSA) is 60.2 Å². The molecule has 4 heteroatoms. The molecular weight excluding hydrogens is 262 g/mol. The van der Waals surface area contributed by atoms with E-state index in [1.54, 1.807) is 6.20 Å². The maximum absolute atomic E-state index is 5.71. The molecule has 1 heterocycles. The summed E-state index contributed by atoms with van der Waals surface area (Å²) in [5, 5.41) is 0. The molecule has 0 saturated heterocycles. The van der Waals surface area contributed by atoms with E-state index < -0.39 is 0 Å². The highest BCUT2D eigenvalue weighted by molar-refractivity contribution is 5.28. The second kappa shape index (κ2) is 7.76. The van der Waals surface area contributed by atoms with Crippen LogP contribution in [0.25, 0.3) is 0 Å². The molecule has 0 radical (unpaired) electrons. The molecular formula is C17H23N3O. The first-order valence-corrected chi connectivity index (χ1v) is 7.33. The molecule has 1 atom stereocenters. The van der Waals surface area contributed by atoms with Crippen molar-refractivity contribution in [3.63, 3.8) is 0 Å². The van der Waals surface area contributed by atoms with Gasteiger partial charge >= 0.3 is 0 Å². The Hall–Kier alpha value is -1.91. The van der Waals surface area contributed by atoms with Crippen LogP contribution in [0.3, 0.4) is 0 Å². The molecule has 21 heavy (non-hydrogen) atoms. The number of hydrogen-bond donors (Lipinski definition) is 2. The van der Waals surface area contributed by atoms with Gasteiger partial charge in [0.2, 0.25) is 0 Å². The van der Waals surface area contributed by atoms with E-state index in [4.69, 9.17) is 10.6 Å². The van der Waals surface area contributed by atoms with Crippen LogP contribution in [0, 0.1) is 6.92 Å². The van der Waals surface area contributed by atoms with Crippen molar-refractivity contribution in [1.82, 2.24) is 10.4 Å². The minimum absolute atomic E-state index is 0.0671. The molecule has 0 amide bonds. The lowest BCUT2D eigenvalue weighted by Gasteiger charge is -2.17. The lowest BCUT2D eigenvalue weighted by atomic mass is 9.98. The second-order valence-corrected chi connectivity index (χ2v) is 5.07. The molecule has 0 aliphatic heterocycles. The Labute approximate surface area is 126 Å². The van der Waals surface area contributed by atoms with Gasteiger partial charge in [0.15, 0.2) is 0 Å². The summed E-state index contributed by atoms with van der Waals surface area (Å²) in [4.78, 5) is 4.22. The number of hydrazine groups is 1. The number of nitrogens with one attached hydrogen (secondary N) is 1. The van der Waals surface area contributed by atoms with Gasteiger partial charge in [0.25, 0.3) is 0 Å². The van der Waals surface area contributed by atoms with E-state index >= 15 is 0 Å². The Morgan fingerprint density at radius 2 is 2.10 bits per heavy atom. The summed E-state index contributed by atoms with van der Waals surface area (Å²) in [7, 11) is 0. The second-order valence-electron chi connectivity index (χ2n) is 5.07. The molecule has 112 valence electrons. The third-order valence-corrected chi connectivity index (χ3v) is 3.61. The summed E-state index contributed by atoms with van der Waals surface area (Å²) >= 11 is 0. The summed E-state index contributed by atoms with van der Waals surface area (Å²) in [6.45, 7) is 4.73. The molecule has 4 nitrogen and oxygen atoms in total. The Morgan fingerprint density at radius 1 is 1.29 bits per heavy atom. The molecule has 3 N–H and O–H groups in total. The number of nitrogens with two attached hydrogens (primary N) is 1. The highest BCUT2D eigenvalue weighted by atomic mass is 16.5. The van der Waals surface area contributed by atoms with E-state index in [1.807, 2.05) is 19.2 Å². The number of rotatable bonds is 7. The Bertz CT molecular complexity index is 571. The zero-order chi connectivity index (χ0) is 15.1. The van der Waals surface area contributed by atoms with Gasteiger partial charge in [-0.1, -0.05) is 24.3 Å². The lowest BCUT2D eigenvalue weighted by molar-refractivity contribution is 0.337. The zero-order valence-corrected chi connectivity index (χ0v) is 12.7. The van der Waals surface area contributed by atoms with Crippen LogP contribution in [0.5, 0.6) is 5.75 Å². The fraction of sp³-hybridized carbons (Fsp3) is 0.353. The van der Waals surface area contributed by atoms with Gasteiger partial charge in [-0.15, -0.1) is 0 Å². The molecule has 2 rings (SSSR count). The van der Waals surface area contributed by atoms with Crippen molar-refractivity contribution in [2.24, 2.45) is 5.84 Å². The molecule has 0 fully saturated rings. The van der Waals surface area contributed by atoms with Gasteiger partial charge in [-0.3, -0.25) is 16.3 Å². The predicted octanol–water partition coefficient (Wildman–Crippen LogP) is 2.93. The maximum atomic E-state index is 5.71. The van der Waals surface area contributed by atoms with Crippen LogP contribution >= 0.6 is 0 Å². The van der Waals surface area contributed by atoms with Gasteiger partial charge in [0.05, 0.1) is 12.8 Å². The molecule has 0 saturated carbocycles. The summed E-state index contributed by atoms with van der Waals surface area (Å²) in [5.74, 6) is 6.50. The Balaban J connectivity index is 2.06. The fourth-order valence-electron chi connectivity index (χ4n) is 2.41. The first-order chi connectivity index (χ1) is 10.2. The normalized spacial score (nSPS) is 12.1. The molecule has 2 aromatic rings. The summed E-state index contributed by atoms with van der Waals surface area (Å²) in [6, 6.07) is 10.5. The van der Waals surface area contributed by atoms with Gasteiger partial charge < -0.3 is 4.74 Å². The smallest absolute Gasteiger partial charge is 0.137 e. The van der Waals surface area contributed by atoms with Crippen molar-refractivity contribution in [3.8, 4) is 5.75 Å². The van der Waals surface area contributed by atoms with E-state index in [-0.39, 0.29) is 6.04 Å². The lowest BCUT2D eigenvalue weighted by Crippen LogP contribution is -2.28. The van der Waals surface area contributed by atoms with Crippen LogP contribution < -0.4 is 16.0 Å². The highest BCUT2D eigenvalue weighted by Gasteiger charge is 2.12. The molecule has 1 aromatic heterocycles. The van der Waals surface area contributed by atoms with E-state index in [0.29, 0.717) is 6.61 Å². The standard InChI is InChI=1S/C17H23N3O/c1-3-21-16-10-15(11-19-12-16)17(20-18)9-8-14-7-5-4-6-13(14)2/h4-7,10-12,17,20H,3,8-9,18H2,1-2H3. The average Bonchev–Trinajstić information content (AvgIpc) is 2.50. The minimum Gasteiger partial charge on any atom is -0.492 e. The summed E-state index contributed by atoms with van der Waals surface area (Å²) in [5.41, 5.74) is 6.60. The number of hydrogen-bond acceptors (Lipinski definition) is 4. The van der Waals surface area contributed by atoms with Crippen molar-refractivity contribution in [3.05, 3.63) is 59.4 Å². The Morgan fingerprint density at radius 3 is 2.81 bits per heavy atom. The number of ether oxygens (including phenoxy) is 1. The third kappa shape index (κ3) is 4.28. The van der Waals surface area contributed by atoms with Gasteiger partial charge in [-0.05, 0) is 49.4 Å². The fourth-order valence-corrected chi connectivity index (χ4v) is 2.41. The first-order valence-electron chi connectivity index (χ1n) is 7.33. The largest absolute Gasteiger partial charge is 0.492 e. The predicted molar refractivity (Wildman–Crippen MR) is 85.0 cm³/mol. The number of benzene rings is 1. The van der Waals surface area contributed by atoms with Gasteiger partial charge in [-0.25, -0.2) is 0 Å². The number of nitrogens with zero attached hydrogens (tertiary/aromatic N) is 1. The number of aryl methyl sites for hydroxylation is 2. The van der Waals surface area contributed by atoms with Crippen molar-refractivity contribution in [2.75, 3.05) is 6.61 Å². The van der Waals surface area contributed by atoms with Crippen LogP contribution in [-0.4, -0.2) is 11.6 Å². The van der Waals surface area contributed by atoms with Crippen LogP contribution in [0.2, 0.25) is 0 Å². The maximum Gasteiger partial charge on any atom is 0.137 e. The van der Waals surface area contributed by atoms with E-state index in [9.17, 15) is 0 Å². The van der Waals surface area contributed by atoms with Crippen molar-refractivity contribution in [2.45, 2.75) is 32.7 Å². The van der Waals surface area contributed by atoms with Crippen molar-refractivity contribution < 1.29 is 4.74 Å². The van der Waals surface area contributed by atoms with E-state index in [1.165, 1.54) is 11.1 Å². The molecule has 0 aliphatic carbocycles. The van der Waals surface area contributed by atoms with Crippen molar-refractivity contribution in [1.29, 1.82) is 0 Å². The SMILES string of the molecule is CCOc1cncc(C(CCc2ccccc2C)NN)c1. The quantitative estimate of drug-likeness (QED) is 0.606. The highest BCUT2D eigenvalue weighted by Crippen LogP contribution is 2.22. The molecule has 0 aliphatic rings. The van der Waals surface area contributed by atoms with Crippen LogP contribution in [0.15, 0.2) is 42.7 Å².